The van der Waals surface area contributed by atoms with Gasteiger partial charge in [-0.15, -0.1) is 0 Å². The summed E-state index contributed by atoms with van der Waals surface area (Å²) in [4.78, 5) is 14.2. The molecule has 29 heavy (non-hydrogen) atoms. The van der Waals surface area contributed by atoms with Crippen molar-refractivity contribution in [2.75, 3.05) is 0 Å². The summed E-state index contributed by atoms with van der Waals surface area (Å²) in [7, 11) is 0. The molecule has 0 radical (unpaired) electrons. The van der Waals surface area contributed by atoms with E-state index in [1.807, 2.05) is 6.08 Å². The van der Waals surface area contributed by atoms with Crippen LogP contribution in [0.1, 0.15) is 45.6 Å². The van der Waals surface area contributed by atoms with Crippen molar-refractivity contribution in [3.05, 3.63) is 35.9 Å². The number of hydrogen-bond donors (Lipinski definition) is 0. The fraction of sp³-hybridized carbons (Fsp3) is 0.550. The van der Waals surface area contributed by atoms with Crippen LogP contribution in [-0.2, 0) is 4.74 Å². The van der Waals surface area contributed by atoms with Gasteiger partial charge in [0.05, 0.1) is 6.04 Å². The van der Waals surface area contributed by atoms with Crippen molar-refractivity contribution in [3.8, 4) is 5.75 Å². The van der Waals surface area contributed by atoms with Crippen molar-refractivity contribution >= 4 is 11.7 Å². The van der Waals surface area contributed by atoms with Gasteiger partial charge in [0.15, 0.2) is 0 Å². The molecular weight excluding hydrogens is 397 g/mol. The van der Waals surface area contributed by atoms with E-state index in [9.17, 15) is 26.7 Å². The van der Waals surface area contributed by atoms with Gasteiger partial charge in [0, 0.05) is 6.04 Å². The Hall–Kier alpha value is -2.32. The molecule has 0 spiro atoms. The monoisotopic (exact) mass is 419 g/mol. The molecule has 160 valence electrons. The first-order valence-electron chi connectivity index (χ1n) is 9.23. The van der Waals surface area contributed by atoms with Crippen LogP contribution in [0.3, 0.4) is 0 Å². The van der Waals surface area contributed by atoms with Crippen LogP contribution in [0.5, 0.6) is 5.75 Å². The van der Waals surface area contributed by atoms with Crippen LogP contribution in [0.2, 0.25) is 0 Å². The lowest BCUT2D eigenvalue weighted by Gasteiger charge is -2.35. The van der Waals surface area contributed by atoms with Crippen molar-refractivity contribution in [1.29, 1.82) is 0 Å². The van der Waals surface area contributed by atoms with E-state index in [2.05, 4.69) is 4.74 Å². The standard InChI is InChI=1S/C20H22F5NO3/c1-18(2,3)29-17(27)26-14-6-7-15(26)11-13(10-14)12-4-8-16(9-5-12)28-20(24,25)19(21,22)23/h4-5,8-10,14-15H,6-7,11H2,1-3H3. The predicted molar refractivity (Wildman–Crippen MR) is 95.5 cm³/mol. The summed E-state index contributed by atoms with van der Waals surface area (Å²) in [6.45, 7) is 5.39. The molecule has 4 nitrogen and oxygen atoms in total. The van der Waals surface area contributed by atoms with Crippen LogP contribution in [0.4, 0.5) is 26.7 Å². The number of alkyl halides is 5. The largest absolute Gasteiger partial charge is 0.499 e. The second-order valence-electron chi connectivity index (χ2n) is 8.22. The van der Waals surface area contributed by atoms with Crippen LogP contribution in [0.25, 0.3) is 5.57 Å². The molecule has 9 heteroatoms. The molecule has 2 bridgehead atoms. The van der Waals surface area contributed by atoms with E-state index < -0.39 is 23.6 Å². The third-order valence-electron chi connectivity index (χ3n) is 4.80. The summed E-state index contributed by atoms with van der Waals surface area (Å²) < 4.78 is 72.1. The minimum absolute atomic E-state index is 0.0414. The first kappa shape index (κ1) is 21.4. The lowest BCUT2D eigenvalue weighted by atomic mass is 9.95. The van der Waals surface area contributed by atoms with E-state index in [0.717, 1.165) is 30.5 Å². The van der Waals surface area contributed by atoms with Crippen LogP contribution in [0.15, 0.2) is 30.3 Å². The highest BCUT2D eigenvalue weighted by Crippen LogP contribution is 2.41. The maximum absolute atomic E-state index is 13.0. The van der Waals surface area contributed by atoms with Gasteiger partial charge in [0.2, 0.25) is 0 Å². The summed E-state index contributed by atoms with van der Waals surface area (Å²) in [5.41, 5.74) is 0.995. The van der Waals surface area contributed by atoms with Crippen LogP contribution in [0, 0.1) is 0 Å². The van der Waals surface area contributed by atoms with Gasteiger partial charge in [0.1, 0.15) is 11.4 Å². The molecule has 0 aliphatic carbocycles. The molecule has 1 amide bonds. The van der Waals surface area contributed by atoms with Crippen molar-refractivity contribution in [3.63, 3.8) is 0 Å². The van der Waals surface area contributed by atoms with Gasteiger partial charge in [-0.05, 0) is 63.3 Å². The summed E-state index contributed by atoms with van der Waals surface area (Å²) in [6.07, 6.45) is -7.36. The van der Waals surface area contributed by atoms with Gasteiger partial charge in [0.25, 0.3) is 0 Å². The van der Waals surface area contributed by atoms with E-state index in [0.29, 0.717) is 12.0 Å². The number of hydrogen-bond acceptors (Lipinski definition) is 3. The zero-order chi connectivity index (χ0) is 21.6. The summed E-state index contributed by atoms with van der Waals surface area (Å²) in [6, 6.07) is 4.87. The Morgan fingerprint density at radius 2 is 1.66 bits per heavy atom. The fourth-order valence-electron chi connectivity index (χ4n) is 3.59. The molecule has 1 saturated heterocycles. The molecule has 2 aliphatic rings. The quantitative estimate of drug-likeness (QED) is 0.584. The number of amides is 1. The smallest absolute Gasteiger partial charge is 0.444 e. The lowest BCUT2D eigenvalue weighted by molar-refractivity contribution is -0.360. The van der Waals surface area contributed by atoms with E-state index in [-0.39, 0.29) is 18.2 Å². The molecule has 2 unspecified atom stereocenters. The average molecular weight is 419 g/mol. The third kappa shape index (κ3) is 4.64. The Morgan fingerprint density at radius 1 is 1.03 bits per heavy atom. The second-order valence-corrected chi connectivity index (χ2v) is 8.22. The van der Waals surface area contributed by atoms with E-state index in [1.165, 1.54) is 12.1 Å². The molecule has 0 aromatic heterocycles. The number of carbonyl (C=O) groups excluding carboxylic acids is 1. The Labute approximate surface area is 165 Å². The highest BCUT2D eigenvalue weighted by Gasteiger charge is 2.61. The predicted octanol–water partition coefficient (Wildman–Crippen LogP) is 5.78. The van der Waals surface area contributed by atoms with Gasteiger partial charge in [-0.25, -0.2) is 4.79 Å². The molecule has 1 aromatic rings. The number of rotatable bonds is 3. The summed E-state index contributed by atoms with van der Waals surface area (Å²) >= 11 is 0. The van der Waals surface area contributed by atoms with Crippen molar-refractivity contribution in [2.45, 2.75) is 70.0 Å². The van der Waals surface area contributed by atoms with Crippen LogP contribution in [-0.4, -0.2) is 41.0 Å². The van der Waals surface area contributed by atoms with E-state index in [4.69, 9.17) is 4.74 Å². The SMILES string of the molecule is CC(C)(C)OC(=O)N1C2C=C(c3ccc(OC(F)(F)C(F)(F)F)cc3)CC1CC2. The topological polar surface area (TPSA) is 38.8 Å². The normalized spacial score (nSPS) is 22.3. The Kier molecular flexibility index (Phi) is 5.29. The molecule has 2 atom stereocenters. The zero-order valence-electron chi connectivity index (χ0n) is 16.2. The molecule has 3 rings (SSSR count). The van der Waals surface area contributed by atoms with Gasteiger partial charge in [-0.1, -0.05) is 18.2 Å². The van der Waals surface area contributed by atoms with Gasteiger partial charge in [-0.2, -0.15) is 22.0 Å². The Balaban J connectivity index is 1.73. The first-order chi connectivity index (χ1) is 13.3. The molecule has 1 aromatic carbocycles. The number of benzene rings is 1. The van der Waals surface area contributed by atoms with Crippen molar-refractivity contribution < 1.29 is 36.2 Å². The number of fused-ring (bicyclic) bond motifs is 2. The highest BCUT2D eigenvalue weighted by molar-refractivity contribution is 5.75. The Morgan fingerprint density at radius 3 is 2.17 bits per heavy atom. The molecular formula is C20H22F5NO3. The summed E-state index contributed by atoms with van der Waals surface area (Å²) in [5, 5.41) is 0. The van der Waals surface area contributed by atoms with Gasteiger partial charge < -0.3 is 9.47 Å². The maximum atomic E-state index is 13.0. The number of halogens is 5. The second kappa shape index (κ2) is 7.18. The minimum atomic E-state index is -5.79. The van der Waals surface area contributed by atoms with Gasteiger partial charge >= 0.3 is 18.4 Å². The van der Waals surface area contributed by atoms with Crippen molar-refractivity contribution in [2.24, 2.45) is 0 Å². The van der Waals surface area contributed by atoms with Gasteiger partial charge in [-0.3, -0.25) is 4.90 Å². The zero-order valence-corrected chi connectivity index (χ0v) is 16.2. The molecule has 0 saturated carbocycles. The third-order valence-corrected chi connectivity index (χ3v) is 4.80. The van der Waals surface area contributed by atoms with Crippen LogP contribution >= 0.6 is 0 Å². The van der Waals surface area contributed by atoms with Crippen LogP contribution < -0.4 is 4.74 Å². The molecule has 2 heterocycles. The molecule has 0 N–H and O–H groups in total. The van der Waals surface area contributed by atoms with E-state index in [1.54, 1.807) is 25.7 Å². The number of nitrogens with zero attached hydrogens (tertiary/aromatic N) is 1. The molecule has 2 aliphatic heterocycles. The first-order valence-corrected chi connectivity index (χ1v) is 9.23. The van der Waals surface area contributed by atoms with Crippen molar-refractivity contribution in [1.82, 2.24) is 4.90 Å². The Bertz CT molecular complexity index is 796. The fourth-order valence-corrected chi connectivity index (χ4v) is 3.59. The minimum Gasteiger partial charge on any atom is -0.444 e. The number of carbonyl (C=O) groups is 1. The average Bonchev–Trinajstić information content (AvgIpc) is 2.83. The number of ether oxygens (including phenoxy) is 2. The summed E-state index contributed by atoms with van der Waals surface area (Å²) in [5.74, 6) is -0.578. The maximum Gasteiger partial charge on any atom is 0.499 e. The highest BCUT2D eigenvalue weighted by atomic mass is 19.4. The molecule has 1 fully saturated rings. The lowest BCUT2D eigenvalue weighted by Crippen LogP contribution is -2.45. The van der Waals surface area contributed by atoms with E-state index >= 15 is 0 Å².